The molecule has 232 valence electrons. The highest BCUT2D eigenvalue weighted by atomic mass is 19.2. The second kappa shape index (κ2) is 11.4. The molecule has 2 aliphatic heterocycles. The Kier molecular flexibility index (Phi) is 7.95. The number of nitrogens with zero attached hydrogens (tertiary/aromatic N) is 5. The van der Waals surface area contributed by atoms with E-state index >= 15 is 8.78 Å². The third-order valence-electron chi connectivity index (χ3n) is 7.94. The van der Waals surface area contributed by atoms with Gasteiger partial charge in [0.05, 0.1) is 28.4 Å². The summed E-state index contributed by atoms with van der Waals surface area (Å²) in [5.74, 6) is -9.75. The summed E-state index contributed by atoms with van der Waals surface area (Å²) < 4.78 is 74.8. The minimum absolute atomic E-state index is 0.0283. The highest BCUT2D eigenvalue weighted by molar-refractivity contribution is 5.93. The minimum Gasteiger partial charge on any atom is -0.396 e. The van der Waals surface area contributed by atoms with Gasteiger partial charge in [-0.1, -0.05) is 20.4 Å². The maximum atomic E-state index is 15.9. The van der Waals surface area contributed by atoms with Gasteiger partial charge in [0, 0.05) is 25.7 Å². The fourth-order valence-electron chi connectivity index (χ4n) is 5.71. The number of aromatic nitrogens is 3. The molecule has 2 aliphatic rings. The summed E-state index contributed by atoms with van der Waals surface area (Å²) in [4.78, 5) is 38.0. The second-order valence-corrected chi connectivity index (χ2v) is 11.1. The number of amides is 1. The summed E-state index contributed by atoms with van der Waals surface area (Å²) in [7, 11) is 0. The normalized spacial score (nSPS) is 18.8. The van der Waals surface area contributed by atoms with E-state index in [4.69, 9.17) is 5.73 Å². The molecule has 1 saturated heterocycles. The number of carbonyl (C=O) groups excluding carboxylic acids is 1. The lowest BCUT2D eigenvalue weighted by Crippen LogP contribution is -2.54. The topological polar surface area (TPSA) is 109 Å². The number of hydrogen-bond donors (Lipinski definition) is 2. The Morgan fingerprint density at radius 2 is 1.80 bits per heavy atom. The number of nitrogens with two attached hydrogens (primary N) is 1. The molecule has 14 heteroatoms. The molecule has 3 aromatic rings. The van der Waals surface area contributed by atoms with Gasteiger partial charge in [0.15, 0.2) is 34.7 Å². The quantitative estimate of drug-likeness (QED) is 0.145. The SMILES string of the molecule is C=CC(=O)N1CCN(c2nc(=O)n(C3=C(C)C=CNC3C(C)C)c3nc(-c4c(N)c(F)c(F)c(F)c4F)c(F)cc23)[C@@H](C)C1. The molecule has 4 heterocycles. The summed E-state index contributed by atoms with van der Waals surface area (Å²) >= 11 is 0. The molecule has 0 bridgehead atoms. The molecule has 0 radical (unpaired) electrons. The van der Waals surface area contributed by atoms with Gasteiger partial charge in [-0.25, -0.2) is 36.3 Å². The standard InChI is InChI=1S/C30H30F5N7O2/c1-6-18(43)40-9-10-41(15(5)12-40)28-16-11-17(31)26(19-20(32)21(33)22(34)23(35)24(19)36)38-29(16)42(30(44)39-28)27-14(4)7-8-37-25(27)13(2)3/h6-8,11,13,15,25,37H,1,9-10,12,36H2,2-5H3/t15-,25?/m0/s1. The van der Waals surface area contributed by atoms with Crippen molar-refractivity contribution >= 4 is 34.1 Å². The zero-order valence-corrected chi connectivity index (χ0v) is 24.4. The van der Waals surface area contributed by atoms with Gasteiger partial charge in [0.25, 0.3) is 0 Å². The molecule has 2 aromatic heterocycles. The van der Waals surface area contributed by atoms with Crippen molar-refractivity contribution in [3.8, 4) is 11.3 Å². The number of allylic oxidation sites excluding steroid dienone is 2. The predicted molar refractivity (Wildman–Crippen MR) is 157 cm³/mol. The molecule has 1 aromatic carbocycles. The van der Waals surface area contributed by atoms with Gasteiger partial charge < -0.3 is 20.9 Å². The second-order valence-electron chi connectivity index (χ2n) is 11.1. The third kappa shape index (κ3) is 4.87. The van der Waals surface area contributed by atoms with E-state index in [0.717, 1.165) is 10.6 Å². The lowest BCUT2D eigenvalue weighted by Gasteiger charge is -2.40. The van der Waals surface area contributed by atoms with Crippen LogP contribution in [0.5, 0.6) is 0 Å². The van der Waals surface area contributed by atoms with Crippen LogP contribution in [0.15, 0.2) is 41.4 Å². The van der Waals surface area contributed by atoms with E-state index in [9.17, 15) is 22.8 Å². The Morgan fingerprint density at radius 1 is 1.11 bits per heavy atom. The molecule has 1 fully saturated rings. The molecule has 2 atom stereocenters. The Labute approximate surface area is 249 Å². The van der Waals surface area contributed by atoms with Crippen LogP contribution in [0, 0.1) is 35.0 Å². The fourth-order valence-corrected chi connectivity index (χ4v) is 5.71. The van der Waals surface area contributed by atoms with Crippen LogP contribution in [0.25, 0.3) is 28.0 Å². The molecular weight excluding hydrogens is 585 g/mol. The van der Waals surface area contributed by atoms with Crippen molar-refractivity contribution in [2.24, 2.45) is 5.92 Å². The highest BCUT2D eigenvalue weighted by Crippen LogP contribution is 2.38. The molecule has 1 amide bonds. The van der Waals surface area contributed by atoms with Gasteiger partial charge in [-0.05, 0) is 49.8 Å². The van der Waals surface area contributed by atoms with Gasteiger partial charge in [0.1, 0.15) is 11.5 Å². The van der Waals surface area contributed by atoms with Crippen molar-refractivity contribution in [1.29, 1.82) is 0 Å². The molecule has 9 nitrogen and oxygen atoms in total. The zero-order chi connectivity index (χ0) is 32.2. The first-order valence-corrected chi connectivity index (χ1v) is 13.8. The van der Waals surface area contributed by atoms with Gasteiger partial charge in [0.2, 0.25) is 5.91 Å². The lowest BCUT2D eigenvalue weighted by atomic mass is 9.95. The first-order valence-electron chi connectivity index (χ1n) is 13.8. The number of anilines is 2. The Morgan fingerprint density at radius 3 is 2.43 bits per heavy atom. The number of hydrogen-bond acceptors (Lipinski definition) is 7. The van der Waals surface area contributed by atoms with Crippen LogP contribution in [0.2, 0.25) is 0 Å². The van der Waals surface area contributed by atoms with Crippen LogP contribution in [0.3, 0.4) is 0 Å². The van der Waals surface area contributed by atoms with E-state index in [1.165, 1.54) is 6.08 Å². The first-order chi connectivity index (χ1) is 20.8. The van der Waals surface area contributed by atoms with Crippen LogP contribution in [-0.4, -0.2) is 57.1 Å². The Balaban J connectivity index is 1.84. The third-order valence-corrected chi connectivity index (χ3v) is 7.94. The van der Waals surface area contributed by atoms with Gasteiger partial charge in [-0.2, -0.15) is 4.98 Å². The predicted octanol–water partition coefficient (Wildman–Crippen LogP) is 4.33. The summed E-state index contributed by atoms with van der Waals surface area (Å²) in [5.41, 5.74) is 2.43. The summed E-state index contributed by atoms with van der Waals surface area (Å²) in [5, 5.41) is 3.22. The molecule has 1 unspecified atom stereocenters. The number of nitrogen functional groups attached to an aromatic ring is 1. The molecule has 0 aliphatic carbocycles. The number of nitrogens with one attached hydrogen (secondary N) is 1. The van der Waals surface area contributed by atoms with Crippen molar-refractivity contribution in [2.75, 3.05) is 30.3 Å². The maximum Gasteiger partial charge on any atom is 0.355 e. The van der Waals surface area contributed by atoms with Crippen LogP contribution in [0.4, 0.5) is 33.5 Å². The number of piperazine rings is 1. The van der Waals surface area contributed by atoms with E-state index in [2.05, 4.69) is 21.9 Å². The number of fused-ring (bicyclic) bond motifs is 1. The van der Waals surface area contributed by atoms with Crippen molar-refractivity contribution in [3.05, 3.63) is 76.1 Å². The van der Waals surface area contributed by atoms with Gasteiger partial charge in [-0.3, -0.25) is 4.79 Å². The van der Waals surface area contributed by atoms with Crippen molar-refractivity contribution in [2.45, 2.75) is 39.8 Å². The number of carbonyl (C=O) groups is 1. The zero-order valence-electron chi connectivity index (χ0n) is 24.4. The van der Waals surface area contributed by atoms with Crippen molar-refractivity contribution in [3.63, 3.8) is 0 Å². The average Bonchev–Trinajstić information content (AvgIpc) is 2.99. The summed E-state index contributed by atoms with van der Waals surface area (Å²) in [6, 6.07) is 0.0889. The molecule has 5 rings (SSSR count). The Hall–Kier alpha value is -4.75. The monoisotopic (exact) mass is 615 g/mol. The van der Waals surface area contributed by atoms with E-state index in [-0.39, 0.29) is 48.3 Å². The lowest BCUT2D eigenvalue weighted by molar-refractivity contribution is -0.126. The van der Waals surface area contributed by atoms with E-state index in [1.54, 1.807) is 35.9 Å². The number of pyridine rings is 1. The number of benzene rings is 1. The number of dihydropyridines is 1. The van der Waals surface area contributed by atoms with Crippen molar-refractivity contribution in [1.82, 2.24) is 24.8 Å². The van der Waals surface area contributed by atoms with Crippen LogP contribution < -0.4 is 21.6 Å². The van der Waals surface area contributed by atoms with Crippen molar-refractivity contribution < 1.29 is 26.7 Å². The fraction of sp³-hybridized carbons (Fsp3) is 0.333. The highest BCUT2D eigenvalue weighted by Gasteiger charge is 2.33. The molecular formula is C30H30F5N7O2. The molecule has 3 N–H and O–H groups in total. The van der Waals surface area contributed by atoms with E-state index in [1.807, 2.05) is 13.8 Å². The minimum atomic E-state index is -2.19. The van der Waals surface area contributed by atoms with Gasteiger partial charge in [-0.15, -0.1) is 0 Å². The van der Waals surface area contributed by atoms with Gasteiger partial charge >= 0.3 is 5.69 Å². The largest absolute Gasteiger partial charge is 0.396 e. The molecule has 44 heavy (non-hydrogen) atoms. The average molecular weight is 616 g/mol. The number of rotatable bonds is 5. The van der Waals surface area contributed by atoms with Crippen LogP contribution in [0.1, 0.15) is 27.7 Å². The summed E-state index contributed by atoms with van der Waals surface area (Å²) in [6.07, 6.45) is 4.62. The molecule has 0 saturated carbocycles. The van der Waals surface area contributed by atoms with E-state index < -0.39 is 63.8 Å². The maximum absolute atomic E-state index is 15.9. The van der Waals surface area contributed by atoms with Crippen LogP contribution in [-0.2, 0) is 4.79 Å². The van der Waals surface area contributed by atoms with E-state index in [0.29, 0.717) is 11.3 Å². The van der Waals surface area contributed by atoms with Crippen LogP contribution >= 0.6 is 0 Å². The smallest absolute Gasteiger partial charge is 0.355 e. The Bertz CT molecular complexity index is 1810. The molecule has 0 spiro atoms. The summed E-state index contributed by atoms with van der Waals surface area (Å²) in [6.45, 7) is 11.6. The number of halogens is 5. The first kappa shape index (κ1) is 30.7.